The van der Waals surface area contributed by atoms with Gasteiger partial charge in [0, 0.05) is 17.8 Å². The van der Waals surface area contributed by atoms with Crippen LogP contribution in [0, 0.1) is 0 Å². The highest BCUT2D eigenvalue weighted by atomic mass is 32.1. The number of Topliss-reactive ketones (excluding diaryl/α,β-unsaturated/α-hetero) is 1. The molecule has 0 amide bonds. The molecule has 0 spiro atoms. The van der Waals surface area contributed by atoms with E-state index in [9.17, 15) is 4.79 Å². The predicted octanol–water partition coefficient (Wildman–Crippen LogP) is 2.11. The smallest absolute Gasteiger partial charge is 0.147 e. The molecule has 1 atom stereocenters. The van der Waals surface area contributed by atoms with Crippen LogP contribution < -0.4 is 0 Å². The van der Waals surface area contributed by atoms with Crippen LogP contribution in [0.2, 0.25) is 0 Å². The van der Waals surface area contributed by atoms with Crippen molar-refractivity contribution in [3.05, 3.63) is 34.0 Å². The second kappa shape index (κ2) is 4.65. The third kappa shape index (κ3) is 1.99. The van der Waals surface area contributed by atoms with Gasteiger partial charge < -0.3 is 0 Å². The number of thiophene rings is 1. The van der Waals surface area contributed by atoms with Gasteiger partial charge in [0.25, 0.3) is 0 Å². The van der Waals surface area contributed by atoms with Crippen LogP contribution in [0.1, 0.15) is 35.0 Å². The first kappa shape index (κ1) is 11.6. The molecular weight excluding hydrogens is 246 g/mol. The first-order valence-corrected chi connectivity index (χ1v) is 7.05. The van der Waals surface area contributed by atoms with Gasteiger partial charge in [-0.25, -0.2) is 4.98 Å². The summed E-state index contributed by atoms with van der Waals surface area (Å²) in [5.41, 5.74) is 1.25. The van der Waals surface area contributed by atoms with E-state index in [-0.39, 0.29) is 11.7 Å². The molecule has 1 aliphatic carbocycles. The number of nitrogens with zero attached hydrogens (tertiary/aromatic N) is 3. The molecule has 0 N–H and O–H groups in total. The van der Waals surface area contributed by atoms with Crippen LogP contribution in [0.4, 0.5) is 0 Å². The van der Waals surface area contributed by atoms with Crippen LogP contribution >= 0.6 is 11.3 Å². The lowest BCUT2D eigenvalue weighted by molar-refractivity contribution is -0.120. The Labute approximate surface area is 110 Å². The third-order valence-corrected chi connectivity index (χ3v) is 4.57. The lowest BCUT2D eigenvalue weighted by Crippen LogP contribution is -2.20. The van der Waals surface area contributed by atoms with Crippen molar-refractivity contribution in [1.29, 1.82) is 0 Å². The van der Waals surface area contributed by atoms with Crippen molar-refractivity contribution in [2.75, 3.05) is 0 Å². The van der Waals surface area contributed by atoms with Gasteiger partial charge in [-0.15, -0.1) is 11.3 Å². The van der Waals surface area contributed by atoms with Crippen LogP contribution in [0.5, 0.6) is 0 Å². The molecule has 0 aliphatic heterocycles. The van der Waals surface area contributed by atoms with Gasteiger partial charge in [0.2, 0.25) is 0 Å². The van der Waals surface area contributed by atoms with Crippen LogP contribution in [-0.4, -0.2) is 20.5 Å². The highest BCUT2D eigenvalue weighted by Crippen LogP contribution is 2.35. The highest BCUT2D eigenvalue weighted by molar-refractivity contribution is 7.10. The SMILES string of the molecule is Cn1ncnc1CC(=O)C1CCCc2sccc21. The molecule has 1 aliphatic rings. The monoisotopic (exact) mass is 261 g/mol. The summed E-state index contributed by atoms with van der Waals surface area (Å²) in [7, 11) is 1.83. The van der Waals surface area contributed by atoms with E-state index in [1.54, 1.807) is 16.0 Å². The average molecular weight is 261 g/mol. The molecule has 0 saturated heterocycles. The molecule has 4 nitrogen and oxygen atoms in total. The second-order valence-electron chi connectivity index (χ2n) is 4.69. The Morgan fingerprint density at radius 2 is 2.50 bits per heavy atom. The number of fused-ring (bicyclic) bond motifs is 1. The predicted molar refractivity (Wildman–Crippen MR) is 69.7 cm³/mol. The summed E-state index contributed by atoms with van der Waals surface area (Å²) in [5, 5.41) is 6.10. The van der Waals surface area contributed by atoms with E-state index in [0.29, 0.717) is 6.42 Å². The van der Waals surface area contributed by atoms with Crippen LogP contribution in [0.25, 0.3) is 0 Å². The van der Waals surface area contributed by atoms with E-state index in [1.165, 1.54) is 16.8 Å². The van der Waals surface area contributed by atoms with Crippen molar-refractivity contribution >= 4 is 17.1 Å². The van der Waals surface area contributed by atoms with E-state index >= 15 is 0 Å². The van der Waals surface area contributed by atoms with E-state index in [2.05, 4.69) is 21.5 Å². The van der Waals surface area contributed by atoms with Gasteiger partial charge >= 0.3 is 0 Å². The average Bonchev–Trinajstić information content (AvgIpc) is 2.98. The highest BCUT2D eigenvalue weighted by Gasteiger charge is 2.27. The van der Waals surface area contributed by atoms with E-state index < -0.39 is 0 Å². The maximum Gasteiger partial charge on any atom is 0.147 e. The van der Waals surface area contributed by atoms with Crippen LogP contribution in [0.15, 0.2) is 17.8 Å². The number of hydrogen-bond acceptors (Lipinski definition) is 4. The number of aryl methyl sites for hydroxylation is 2. The van der Waals surface area contributed by atoms with Crippen molar-refractivity contribution in [3.8, 4) is 0 Å². The normalized spacial score (nSPS) is 18.6. The summed E-state index contributed by atoms with van der Waals surface area (Å²) >= 11 is 1.77. The Morgan fingerprint density at radius 1 is 1.61 bits per heavy atom. The first-order chi connectivity index (χ1) is 8.75. The van der Waals surface area contributed by atoms with E-state index in [4.69, 9.17) is 0 Å². The topological polar surface area (TPSA) is 47.8 Å². The van der Waals surface area contributed by atoms with Crippen molar-refractivity contribution in [2.45, 2.75) is 31.6 Å². The second-order valence-corrected chi connectivity index (χ2v) is 5.69. The fourth-order valence-electron chi connectivity index (χ4n) is 2.58. The molecule has 94 valence electrons. The molecule has 0 aromatic carbocycles. The summed E-state index contributed by atoms with van der Waals surface area (Å²) in [6.45, 7) is 0. The van der Waals surface area contributed by atoms with Crippen LogP contribution in [-0.2, 0) is 24.7 Å². The zero-order valence-corrected chi connectivity index (χ0v) is 11.1. The van der Waals surface area contributed by atoms with Gasteiger partial charge in [-0.3, -0.25) is 9.48 Å². The summed E-state index contributed by atoms with van der Waals surface area (Å²) in [5.74, 6) is 1.09. The molecule has 0 radical (unpaired) electrons. The number of ketones is 1. The lowest BCUT2D eigenvalue weighted by Gasteiger charge is -2.21. The number of rotatable bonds is 3. The standard InChI is InChI=1S/C13H15N3OS/c1-16-13(14-8-15-16)7-11(17)9-3-2-4-12-10(9)5-6-18-12/h5-6,8-9H,2-4,7H2,1H3. The number of carbonyl (C=O) groups excluding carboxylic acids is 1. The van der Waals surface area contributed by atoms with Gasteiger partial charge in [0.15, 0.2) is 0 Å². The summed E-state index contributed by atoms with van der Waals surface area (Å²) in [6.07, 6.45) is 5.10. The van der Waals surface area contributed by atoms with Gasteiger partial charge in [0.05, 0.1) is 6.42 Å². The van der Waals surface area contributed by atoms with Gasteiger partial charge in [-0.2, -0.15) is 5.10 Å². The molecule has 2 heterocycles. The molecule has 0 fully saturated rings. The molecule has 0 bridgehead atoms. The molecule has 2 aromatic heterocycles. The molecular formula is C13H15N3OS. The molecule has 1 unspecified atom stereocenters. The van der Waals surface area contributed by atoms with Gasteiger partial charge in [-0.05, 0) is 36.3 Å². The quantitative estimate of drug-likeness (QED) is 0.850. The minimum Gasteiger partial charge on any atom is -0.299 e. The Kier molecular flexibility index (Phi) is 2.99. The third-order valence-electron chi connectivity index (χ3n) is 3.58. The molecule has 5 heteroatoms. The first-order valence-electron chi connectivity index (χ1n) is 6.17. The zero-order valence-electron chi connectivity index (χ0n) is 10.3. The van der Waals surface area contributed by atoms with E-state index in [0.717, 1.165) is 25.1 Å². The number of hydrogen-bond donors (Lipinski definition) is 0. The minimum atomic E-state index is 0.0664. The largest absolute Gasteiger partial charge is 0.299 e. The lowest BCUT2D eigenvalue weighted by atomic mass is 9.84. The molecule has 0 saturated carbocycles. The Bertz CT molecular complexity index is 572. The number of aromatic nitrogens is 3. The van der Waals surface area contributed by atoms with Gasteiger partial charge in [-0.1, -0.05) is 0 Å². The minimum absolute atomic E-state index is 0.0664. The Hall–Kier alpha value is -1.49. The van der Waals surface area contributed by atoms with Crippen LogP contribution in [0.3, 0.4) is 0 Å². The summed E-state index contributed by atoms with van der Waals surface area (Å²) in [6, 6.07) is 2.11. The summed E-state index contributed by atoms with van der Waals surface area (Å²) in [4.78, 5) is 17.9. The zero-order chi connectivity index (χ0) is 12.5. The van der Waals surface area contributed by atoms with E-state index in [1.807, 2.05) is 7.05 Å². The Balaban J connectivity index is 1.81. The van der Waals surface area contributed by atoms with Gasteiger partial charge in [0.1, 0.15) is 17.9 Å². The fourth-order valence-corrected chi connectivity index (χ4v) is 3.57. The molecule has 2 aromatic rings. The number of carbonyl (C=O) groups is 1. The van der Waals surface area contributed by atoms with Crippen molar-refractivity contribution in [2.24, 2.45) is 7.05 Å². The maximum absolute atomic E-state index is 12.4. The Morgan fingerprint density at radius 3 is 3.28 bits per heavy atom. The summed E-state index contributed by atoms with van der Waals surface area (Å²) < 4.78 is 1.68. The maximum atomic E-state index is 12.4. The van der Waals surface area contributed by atoms with Crippen molar-refractivity contribution in [3.63, 3.8) is 0 Å². The van der Waals surface area contributed by atoms with Crippen molar-refractivity contribution in [1.82, 2.24) is 14.8 Å². The molecule has 18 heavy (non-hydrogen) atoms. The van der Waals surface area contributed by atoms with Crippen molar-refractivity contribution < 1.29 is 4.79 Å². The fraction of sp³-hybridized carbons (Fsp3) is 0.462. The molecule has 3 rings (SSSR count).